The van der Waals surface area contributed by atoms with Gasteiger partial charge in [0.25, 0.3) is 5.91 Å². The van der Waals surface area contributed by atoms with Crippen molar-refractivity contribution in [3.05, 3.63) is 287 Å². The molecule has 0 bridgehead atoms. The molecule has 12 aromatic rings. The van der Waals surface area contributed by atoms with E-state index in [1.165, 1.54) is 23.5 Å². The summed E-state index contributed by atoms with van der Waals surface area (Å²) in [5.74, 6) is 5.78. The van der Waals surface area contributed by atoms with Gasteiger partial charge in [0.1, 0.15) is 23.3 Å². The van der Waals surface area contributed by atoms with Gasteiger partial charge in [0.15, 0.2) is 34.5 Å². The van der Waals surface area contributed by atoms with Gasteiger partial charge in [-0.3, -0.25) is 28.9 Å². The molecule has 4 aliphatic carbocycles. The molecule has 8 aromatic carbocycles. The summed E-state index contributed by atoms with van der Waals surface area (Å²) < 4.78 is 91.7. The third kappa shape index (κ3) is 19.4. The molecule has 31 heteroatoms. The van der Waals surface area contributed by atoms with Crippen LogP contribution in [0.15, 0.2) is 253 Å². The molecular weight excluding hydrogens is 1720 g/mol. The molecular formula is C101H104N12O17S2. The van der Waals surface area contributed by atoms with Crippen molar-refractivity contribution in [3.8, 4) is 79.4 Å². The highest BCUT2D eigenvalue weighted by Gasteiger charge is 2.55. The van der Waals surface area contributed by atoms with Crippen LogP contribution in [0.1, 0.15) is 104 Å². The molecule has 132 heavy (non-hydrogen) atoms. The number of fused-ring (bicyclic) bond motifs is 3. The predicted octanol–water partition coefficient (Wildman–Crippen LogP) is 15.0. The van der Waals surface area contributed by atoms with Gasteiger partial charge in [0.2, 0.25) is 64.1 Å². The Morgan fingerprint density at radius 3 is 1.36 bits per heavy atom. The number of carbonyl (C=O) groups is 5. The molecule has 1 saturated heterocycles. The van der Waals surface area contributed by atoms with Crippen LogP contribution in [-0.4, -0.2) is 173 Å². The van der Waals surface area contributed by atoms with E-state index in [-0.39, 0.29) is 69.2 Å². The summed E-state index contributed by atoms with van der Waals surface area (Å²) in [6.45, 7) is 8.20. The molecule has 0 atom stereocenters. The number of aromatic nitrogens is 4. The predicted molar refractivity (Wildman–Crippen MR) is 502 cm³/mol. The number of hydrogen-bond donors (Lipinski definition) is 6. The first-order valence-electron chi connectivity index (χ1n) is 43.6. The number of aliphatic hydroxyl groups is 1. The van der Waals surface area contributed by atoms with E-state index in [1.54, 1.807) is 93.0 Å². The van der Waals surface area contributed by atoms with Crippen LogP contribution >= 0.6 is 0 Å². The topological polar surface area (TPSA) is 360 Å². The minimum absolute atomic E-state index is 0. The third-order valence-corrected chi connectivity index (χ3v) is 28.5. The second-order valence-corrected chi connectivity index (χ2v) is 37.7. The van der Waals surface area contributed by atoms with E-state index in [0.29, 0.717) is 108 Å². The molecule has 4 aromatic heterocycles. The molecule has 0 unspecified atom stereocenters. The first kappa shape index (κ1) is 90.2. The second kappa shape index (κ2) is 38.0. The van der Waals surface area contributed by atoms with Crippen LogP contribution in [0.25, 0.3) is 44.9 Å². The summed E-state index contributed by atoms with van der Waals surface area (Å²) in [7, 11) is -0.580. The van der Waals surface area contributed by atoms with Crippen molar-refractivity contribution in [2.45, 2.75) is 103 Å². The van der Waals surface area contributed by atoms with E-state index in [4.69, 9.17) is 38.1 Å². The van der Waals surface area contributed by atoms with E-state index in [1.807, 2.05) is 178 Å². The Hall–Kier alpha value is -13.8. The Morgan fingerprint density at radius 2 is 0.902 bits per heavy atom. The number of rotatable bonds is 25. The molecule has 4 saturated carbocycles. The van der Waals surface area contributed by atoms with Crippen LogP contribution in [0.5, 0.6) is 34.5 Å². The lowest BCUT2D eigenvalue weighted by atomic mass is 9.94. The minimum atomic E-state index is -3.59. The summed E-state index contributed by atoms with van der Waals surface area (Å²) >= 11 is 0. The fraction of sp³-hybridized carbons (Fsp3) is 0.277. The molecule has 8 aliphatic rings. The number of carbonyl (C=O) groups excluding carboxylic acids is 5. The number of nitrogens with one attached hydrogen (secondary N) is 5. The molecule has 5 amide bonds. The number of hydrogen-bond acceptors (Lipinski definition) is 22. The number of ether oxygens (including phenoxy) is 7. The van der Waals surface area contributed by atoms with Gasteiger partial charge < -0.3 is 64.4 Å². The fourth-order valence-electron chi connectivity index (χ4n) is 16.6. The largest absolute Gasteiger partial charge is 0.454 e. The van der Waals surface area contributed by atoms with Crippen LogP contribution in [-0.2, 0) is 72.2 Å². The zero-order valence-corrected chi connectivity index (χ0v) is 75.4. The van der Waals surface area contributed by atoms with Crippen LogP contribution in [0.3, 0.4) is 0 Å². The summed E-state index contributed by atoms with van der Waals surface area (Å²) in [4.78, 5) is 87.4. The lowest BCUT2D eigenvalue weighted by Gasteiger charge is -2.33. The van der Waals surface area contributed by atoms with Crippen molar-refractivity contribution in [2.24, 2.45) is 0 Å². The molecule has 0 radical (unpaired) electrons. The Labute approximate surface area is 768 Å². The Morgan fingerprint density at radius 1 is 0.447 bits per heavy atom. The van der Waals surface area contributed by atoms with Crippen LogP contribution in [0.2, 0.25) is 0 Å². The molecule has 6 N–H and O–H groups in total. The smallest absolute Gasteiger partial charge is 0.253 e. The van der Waals surface area contributed by atoms with Gasteiger partial charge in [-0.05, 0) is 232 Å². The molecule has 20 rings (SSSR count). The third-order valence-electron chi connectivity index (χ3n) is 25.2. The van der Waals surface area contributed by atoms with Gasteiger partial charge in [-0.2, -0.15) is 4.31 Å². The maximum atomic E-state index is 13.3. The SMILES string of the molecule is CNS(=O)(=O)c1ccc(-c2cccc(NC(=O)C3(c4ccccc4)CC3)n2)cc1.COCCN1CCN(S(=O)(=O)c2ccc(-c3cccc(NC(=O)C4(c5ccc6c(c5)OCO6)CC4)n3)cc2)CC1.Cc1cc(-c2cccc(CO)c2)cnc1NC(=O)C1(c2ccc3c(c2)OCO3)CC1.Cc1ccc(NC(=O)C2(c3ccc4c(c3)OCO4)CC2)nc1-c1ccc(C(=O)N(C)C)cc1.[HH].[HH]. The van der Waals surface area contributed by atoms with Crippen molar-refractivity contribution >= 4 is 72.9 Å². The summed E-state index contributed by atoms with van der Waals surface area (Å²) in [6.07, 6.45) is 8.03. The second-order valence-electron chi connectivity index (χ2n) is 33.9. The van der Waals surface area contributed by atoms with E-state index >= 15 is 0 Å². The zero-order chi connectivity index (χ0) is 92.1. The van der Waals surface area contributed by atoms with Crippen molar-refractivity contribution < 1.29 is 81.9 Å². The fourth-order valence-corrected chi connectivity index (χ4v) is 18.8. The van der Waals surface area contributed by atoms with Crippen molar-refractivity contribution in [1.29, 1.82) is 0 Å². The van der Waals surface area contributed by atoms with Crippen molar-refractivity contribution in [3.63, 3.8) is 0 Å². The van der Waals surface area contributed by atoms with Gasteiger partial charge in [-0.25, -0.2) is 41.5 Å². The highest BCUT2D eigenvalue weighted by atomic mass is 32.2. The number of piperazine rings is 1. The molecule has 682 valence electrons. The Bertz CT molecular complexity index is 6620. The number of amides is 5. The maximum absolute atomic E-state index is 13.3. The highest BCUT2D eigenvalue weighted by molar-refractivity contribution is 7.89. The van der Waals surface area contributed by atoms with E-state index in [0.717, 1.165) is 130 Å². The Kier molecular flexibility index (Phi) is 25.9. The summed E-state index contributed by atoms with van der Waals surface area (Å²) in [5, 5.41) is 21.3. The average Bonchev–Trinajstić information content (AvgIpc) is 1.55. The van der Waals surface area contributed by atoms with Crippen molar-refractivity contribution in [2.75, 3.05) is 109 Å². The lowest BCUT2D eigenvalue weighted by molar-refractivity contribution is -0.119. The number of methoxy groups -OCH3 is 1. The van der Waals surface area contributed by atoms with Gasteiger partial charge in [0.05, 0.1) is 61.7 Å². The average molecular weight is 1820 g/mol. The minimum Gasteiger partial charge on any atom is -0.454 e. The molecule has 0 spiro atoms. The number of benzene rings is 8. The van der Waals surface area contributed by atoms with E-state index in [9.17, 15) is 45.9 Å². The molecule has 29 nitrogen and oxygen atoms in total. The number of anilines is 4. The Balaban J connectivity index is 0.000000137. The monoisotopic (exact) mass is 1820 g/mol. The standard InChI is InChI=1S/C29H32N4O6S.C26H25N3O4.C24H22N2O4.C22H21N3O3S.2H2/c1-37-18-17-32-13-15-33(16-14-32)40(35,36)23-8-5-21(6-9-23)24-3-2-4-27(30-24)31-28(34)29(11-12-29)22-7-10-25-26(19-22)39-20-38-25;1-16-4-11-22(27-23(16)17-5-7-18(8-6-17)24(30)29(2)3)28-25(31)26(12-13-26)19-9-10-20-21(14-19)33-15-32-20;1-15-9-18(17-4-2-3-16(10-17)13-27)12-25-22(15)26-23(28)24(7-8-24)19-5-6-20-21(11-19)30-14-29-20;1-23-29(27,28)18-12-10-16(11-13-18)19-8-5-9-20(24-19)25-21(26)22(14-15-22)17-6-3-2-4-7-17;;/h2-10,19H,11-18,20H2,1H3,(H,30,31,34);4-11,14H,12-13,15H2,1-3H3,(H,27,28,31);2-6,9-12,27H,7-8,13-14H2,1H3,(H,25,26,28);2-13,23H,14-15H2,1H3,(H,24,25,26);2*1H. The number of pyridine rings is 4. The number of sulfonamides is 2. The van der Waals surface area contributed by atoms with Crippen molar-refractivity contribution in [1.82, 2.24) is 38.8 Å². The van der Waals surface area contributed by atoms with Gasteiger partial charge in [-0.15, -0.1) is 0 Å². The van der Waals surface area contributed by atoms with E-state index < -0.39 is 41.7 Å². The summed E-state index contributed by atoms with van der Waals surface area (Å²) in [6, 6.07) is 71.7. The first-order valence-corrected chi connectivity index (χ1v) is 46.5. The number of nitrogens with zero attached hydrogens (tertiary/aromatic N) is 7. The quantitative estimate of drug-likeness (QED) is 0.0309. The molecule has 5 fully saturated rings. The van der Waals surface area contributed by atoms with Crippen LogP contribution in [0, 0.1) is 13.8 Å². The van der Waals surface area contributed by atoms with Crippen LogP contribution in [0.4, 0.5) is 23.3 Å². The van der Waals surface area contributed by atoms with E-state index in [2.05, 4.69) is 45.8 Å². The molecule has 8 heterocycles. The van der Waals surface area contributed by atoms with Gasteiger partial charge in [0, 0.05) is 90.8 Å². The van der Waals surface area contributed by atoms with Gasteiger partial charge >= 0.3 is 0 Å². The normalized spacial score (nSPS) is 16.2. The van der Waals surface area contributed by atoms with Gasteiger partial charge in [-0.1, -0.05) is 121 Å². The molecule has 4 aliphatic heterocycles. The first-order chi connectivity index (χ1) is 63.8. The maximum Gasteiger partial charge on any atom is 0.253 e. The summed E-state index contributed by atoms with van der Waals surface area (Å²) in [5.41, 5.74) is 11.3. The highest BCUT2D eigenvalue weighted by Crippen LogP contribution is 2.55. The lowest BCUT2D eigenvalue weighted by Crippen LogP contribution is -2.49. The number of aryl methyl sites for hydroxylation is 2. The number of aliphatic hydroxyl groups excluding tert-OH is 1. The zero-order valence-electron chi connectivity index (χ0n) is 73.7. The van der Waals surface area contributed by atoms with Crippen LogP contribution < -0.4 is 54.4 Å².